The Morgan fingerprint density at radius 3 is 2.44 bits per heavy atom. The molecule has 1 unspecified atom stereocenters. The first kappa shape index (κ1) is 13.4. The maximum absolute atomic E-state index is 10.6. The van der Waals surface area contributed by atoms with Crippen molar-refractivity contribution in [2.24, 2.45) is 13.0 Å². The van der Waals surface area contributed by atoms with Gasteiger partial charge in [0.1, 0.15) is 0 Å². The van der Waals surface area contributed by atoms with Crippen molar-refractivity contribution in [3.63, 3.8) is 0 Å². The molecule has 0 radical (unpaired) electrons. The van der Waals surface area contributed by atoms with Crippen LogP contribution in [0.1, 0.15) is 55.9 Å². The number of rotatable bonds is 3. The van der Waals surface area contributed by atoms with Crippen LogP contribution in [0.5, 0.6) is 5.88 Å². The fourth-order valence-electron chi connectivity index (χ4n) is 3.10. The number of aryl methyl sites for hydroxylation is 2. The van der Waals surface area contributed by atoms with Gasteiger partial charge in [0.25, 0.3) is 0 Å². The second kappa shape index (κ2) is 5.74. The minimum absolute atomic E-state index is 0.351. The average molecular weight is 252 g/mol. The zero-order valence-electron chi connectivity index (χ0n) is 11.6. The van der Waals surface area contributed by atoms with Crippen molar-refractivity contribution in [3.8, 4) is 5.88 Å². The Hall–Kier alpha value is -1.03. The van der Waals surface area contributed by atoms with Crippen molar-refractivity contribution < 1.29 is 9.84 Å². The van der Waals surface area contributed by atoms with Crippen LogP contribution in [0.3, 0.4) is 0 Å². The first-order valence-corrected chi connectivity index (χ1v) is 6.90. The van der Waals surface area contributed by atoms with Crippen molar-refractivity contribution in [1.29, 1.82) is 0 Å². The minimum atomic E-state index is -0.438. The molecule has 1 saturated carbocycles. The molecule has 1 fully saturated rings. The van der Waals surface area contributed by atoms with E-state index in [0.717, 1.165) is 24.1 Å². The number of hydrogen-bond donors (Lipinski definition) is 1. The first-order chi connectivity index (χ1) is 8.65. The number of hydrogen-bond acceptors (Lipinski definition) is 3. The van der Waals surface area contributed by atoms with E-state index < -0.39 is 6.10 Å². The molecule has 1 aliphatic rings. The Labute approximate surface area is 109 Å². The lowest BCUT2D eigenvalue weighted by Gasteiger charge is -2.21. The van der Waals surface area contributed by atoms with Gasteiger partial charge in [0.05, 0.1) is 24.5 Å². The van der Waals surface area contributed by atoms with Gasteiger partial charge in [0.15, 0.2) is 0 Å². The van der Waals surface area contributed by atoms with E-state index in [1.54, 1.807) is 11.8 Å². The van der Waals surface area contributed by atoms with Gasteiger partial charge in [-0.2, -0.15) is 5.10 Å². The van der Waals surface area contributed by atoms with E-state index in [0.29, 0.717) is 11.8 Å². The SMILES string of the molecule is COc1c(C(O)C2CCCCCC2)c(C)nn1C. The van der Waals surface area contributed by atoms with Crippen LogP contribution in [0.25, 0.3) is 0 Å². The van der Waals surface area contributed by atoms with Gasteiger partial charge < -0.3 is 9.84 Å². The Bertz CT molecular complexity index is 393. The number of methoxy groups -OCH3 is 1. The van der Waals surface area contributed by atoms with Gasteiger partial charge in [-0.25, -0.2) is 4.68 Å². The molecular weight excluding hydrogens is 228 g/mol. The average Bonchev–Trinajstić information content (AvgIpc) is 2.57. The predicted octanol–water partition coefficient (Wildman–Crippen LogP) is 2.74. The highest BCUT2D eigenvalue weighted by molar-refractivity contribution is 5.33. The largest absolute Gasteiger partial charge is 0.481 e. The van der Waals surface area contributed by atoms with Crippen molar-refractivity contribution in [2.45, 2.75) is 51.6 Å². The van der Waals surface area contributed by atoms with Crippen LogP contribution in [-0.2, 0) is 7.05 Å². The second-order valence-electron chi connectivity index (χ2n) is 5.33. The highest BCUT2D eigenvalue weighted by Crippen LogP contribution is 2.38. The third-order valence-corrected chi connectivity index (χ3v) is 4.05. The lowest BCUT2D eigenvalue weighted by Crippen LogP contribution is -2.13. The molecule has 1 atom stereocenters. The summed E-state index contributed by atoms with van der Waals surface area (Å²) in [6, 6.07) is 0. The first-order valence-electron chi connectivity index (χ1n) is 6.90. The summed E-state index contributed by atoms with van der Waals surface area (Å²) in [5, 5.41) is 15.0. The molecule has 1 N–H and O–H groups in total. The van der Waals surface area contributed by atoms with Crippen LogP contribution in [0, 0.1) is 12.8 Å². The lowest BCUT2D eigenvalue weighted by molar-refractivity contribution is 0.0952. The summed E-state index contributed by atoms with van der Waals surface area (Å²) < 4.78 is 7.09. The molecule has 0 spiro atoms. The number of aliphatic hydroxyl groups is 1. The smallest absolute Gasteiger partial charge is 0.217 e. The summed E-state index contributed by atoms with van der Waals surface area (Å²) in [7, 11) is 3.49. The molecule has 4 heteroatoms. The van der Waals surface area contributed by atoms with Crippen LogP contribution in [0.4, 0.5) is 0 Å². The van der Waals surface area contributed by atoms with E-state index in [1.807, 2.05) is 14.0 Å². The number of nitrogens with zero attached hydrogens (tertiary/aromatic N) is 2. The maximum atomic E-state index is 10.6. The van der Waals surface area contributed by atoms with E-state index in [2.05, 4.69) is 5.10 Å². The van der Waals surface area contributed by atoms with Crippen molar-refractivity contribution >= 4 is 0 Å². The van der Waals surface area contributed by atoms with E-state index >= 15 is 0 Å². The number of aliphatic hydroxyl groups excluding tert-OH is 1. The Morgan fingerprint density at radius 1 is 1.28 bits per heavy atom. The normalized spacial score (nSPS) is 19.6. The van der Waals surface area contributed by atoms with Crippen LogP contribution in [0.2, 0.25) is 0 Å². The highest BCUT2D eigenvalue weighted by Gasteiger charge is 2.28. The molecular formula is C14H24N2O2. The van der Waals surface area contributed by atoms with Gasteiger partial charge in [-0.05, 0) is 25.7 Å². The number of ether oxygens (including phenoxy) is 1. The van der Waals surface area contributed by atoms with Gasteiger partial charge >= 0.3 is 0 Å². The molecule has 18 heavy (non-hydrogen) atoms. The molecule has 1 aromatic heterocycles. The quantitative estimate of drug-likeness (QED) is 0.841. The van der Waals surface area contributed by atoms with Gasteiger partial charge in [-0.15, -0.1) is 0 Å². The molecule has 4 nitrogen and oxygen atoms in total. The lowest BCUT2D eigenvalue weighted by atomic mass is 9.89. The summed E-state index contributed by atoms with van der Waals surface area (Å²) in [5.41, 5.74) is 1.76. The molecule has 0 saturated heterocycles. The molecule has 2 rings (SSSR count). The second-order valence-corrected chi connectivity index (χ2v) is 5.33. The fraction of sp³-hybridized carbons (Fsp3) is 0.786. The topological polar surface area (TPSA) is 47.3 Å². The van der Waals surface area contributed by atoms with Gasteiger partial charge in [-0.1, -0.05) is 25.7 Å². The predicted molar refractivity (Wildman–Crippen MR) is 70.6 cm³/mol. The summed E-state index contributed by atoms with van der Waals surface area (Å²) >= 11 is 0. The Kier molecular flexibility index (Phi) is 4.27. The van der Waals surface area contributed by atoms with Crippen LogP contribution >= 0.6 is 0 Å². The van der Waals surface area contributed by atoms with Crippen molar-refractivity contribution in [3.05, 3.63) is 11.3 Å². The molecule has 1 aliphatic carbocycles. The molecule has 0 amide bonds. The van der Waals surface area contributed by atoms with Gasteiger partial charge in [-0.3, -0.25) is 0 Å². The van der Waals surface area contributed by atoms with Crippen LogP contribution in [-0.4, -0.2) is 22.0 Å². The van der Waals surface area contributed by atoms with E-state index in [-0.39, 0.29) is 0 Å². The zero-order chi connectivity index (χ0) is 13.1. The molecule has 0 aromatic carbocycles. The summed E-state index contributed by atoms with van der Waals surface area (Å²) in [4.78, 5) is 0. The van der Waals surface area contributed by atoms with Gasteiger partial charge in [0.2, 0.25) is 5.88 Å². The van der Waals surface area contributed by atoms with E-state index in [4.69, 9.17) is 4.74 Å². The molecule has 0 aliphatic heterocycles. The summed E-state index contributed by atoms with van der Waals surface area (Å²) in [5.74, 6) is 1.05. The van der Waals surface area contributed by atoms with E-state index in [1.165, 1.54) is 25.7 Å². The minimum Gasteiger partial charge on any atom is -0.481 e. The molecule has 1 aromatic rings. The summed E-state index contributed by atoms with van der Waals surface area (Å²) in [6.07, 6.45) is 6.83. The Balaban J connectivity index is 2.23. The highest BCUT2D eigenvalue weighted by atomic mass is 16.5. The number of aromatic nitrogens is 2. The van der Waals surface area contributed by atoms with Crippen LogP contribution < -0.4 is 4.74 Å². The molecule has 1 heterocycles. The molecule has 102 valence electrons. The third-order valence-electron chi connectivity index (χ3n) is 4.05. The fourth-order valence-corrected chi connectivity index (χ4v) is 3.10. The van der Waals surface area contributed by atoms with Crippen molar-refractivity contribution in [2.75, 3.05) is 7.11 Å². The zero-order valence-corrected chi connectivity index (χ0v) is 11.6. The van der Waals surface area contributed by atoms with Crippen LogP contribution in [0.15, 0.2) is 0 Å². The standard InChI is InChI=1S/C14H24N2O2/c1-10-12(14(18-3)16(2)15-10)13(17)11-8-6-4-5-7-9-11/h11,13,17H,4-9H2,1-3H3. The third kappa shape index (κ3) is 2.53. The maximum Gasteiger partial charge on any atom is 0.217 e. The summed E-state index contributed by atoms with van der Waals surface area (Å²) in [6.45, 7) is 1.94. The van der Waals surface area contributed by atoms with E-state index in [9.17, 15) is 5.11 Å². The monoisotopic (exact) mass is 252 g/mol. The van der Waals surface area contributed by atoms with Crippen molar-refractivity contribution in [1.82, 2.24) is 9.78 Å². The molecule has 0 bridgehead atoms. The van der Waals surface area contributed by atoms with Gasteiger partial charge in [0, 0.05) is 7.05 Å². The Morgan fingerprint density at radius 2 is 1.89 bits per heavy atom.